The molecule has 0 aliphatic rings. The Morgan fingerprint density at radius 3 is 2.31 bits per heavy atom. The van der Waals surface area contributed by atoms with E-state index in [4.69, 9.17) is 9.47 Å². The molecule has 2 rings (SSSR count). The molecule has 0 saturated carbocycles. The first kappa shape index (κ1) is 19.8. The van der Waals surface area contributed by atoms with E-state index in [9.17, 15) is 4.79 Å². The normalized spacial score (nSPS) is 12.9. The van der Waals surface area contributed by atoms with Crippen LogP contribution in [0.2, 0.25) is 0 Å². The van der Waals surface area contributed by atoms with Gasteiger partial charge in [0.1, 0.15) is 0 Å². The number of ether oxygens (including phenoxy) is 2. The number of rotatable bonds is 9. The fraction of sp³-hybridized carbons (Fsp3) is 0.381. The standard InChI is InChI=1S/C21H28N2O3/c1-15(17-8-6-5-7-9-17)13-23-21(24)14-22-16(2)18-10-11-19(25-3)20(12-18)26-4/h5-12,15-16,22H,13-14H2,1-4H3,(H,23,24). The summed E-state index contributed by atoms with van der Waals surface area (Å²) in [6, 6.07) is 16.0. The molecule has 0 bridgehead atoms. The van der Waals surface area contributed by atoms with Crippen LogP contribution < -0.4 is 20.1 Å². The SMILES string of the molecule is COc1ccc(C(C)NCC(=O)NCC(C)c2ccccc2)cc1OC. The van der Waals surface area contributed by atoms with Crippen molar-refractivity contribution in [2.24, 2.45) is 0 Å². The van der Waals surface area contributed by atoms with Gasteiger partial charge in [-0.2, -0.15) is 0 Å². The molecule has 2 unspecified atom stereocenters. The van der Waals surface area contributed by atoms with Crippen molar-refractivity contribution < 1.29 is 14.3 Å². The number of benzene rings is 2. The summed E-state index contributed by atoms with van der Waals surface area (Å²) < 4.78 is 10.6. The minimum absolute atomic E-state index is 0.0138. The zero-order chi connectivity index (χ0) is 18.9. The first-order chi connectivity index (χ1) is 12.5. The molecule has 140 valence electrons. The Kier molecular flexibility index (Phi) is 7.48. The molecule has 5 heteroatoms. The molecule has 0 saturated heterocycles. The van der Waals surface area contributed by atoms with Crippen LogP contribution in [0.1, 0.15) is 36.9 Å². The second kappa shape index (κ2) is 9.82. The van der Waals surface area contributed by atoms with Crippen LogP contribution in [-0.4, -0.2) is 33.2 Å². The number of hydrogen-bond donors (Lipinski definition) is 2. The van der Waals surface area contributed by atoms with E-state index in [-0.39, 0.29) is 24.4 Å². The third-order valence-corrected chi connectivity index (χ3v) is 4.45. The number of amides is 1. The highest BCUT2D eigenvalue weighted by Crippen LogP contribution is 2.29. The molecule has 0 spiro atoms. The highest BCUT2D eigenvalue weighted by molar-refractivity contribution is 5.78. The average Bonchev–Trinajstić information content (AvgIpc) is 2.70. The maximum absolute atomic E-state index is 12.1. The van der Waals surface area contributed by atoms with Gasteiger partial charge in [-0.15, -0.1) is 0 Å². The molecule has 0 fully saturated rings. The fourth-order valence-corrected chi connectivity index (χ4v) is 2.71. The topological polar surface area (TPSA) is 59.6 Å². The molecule has 0 radical (unpaired) electrons. The number of hydrogen-bond acceptors (Lipinski definition) is 4. The molecule has 0 aromatic heterocycles. The number of carbonyl (C=O) groups excluding carboxylic acids is 1. The van der Waals surface area contributed by atoms with Crippen molar-refractivity contribution in [1.82, 2.24) is 10.6 Å². The summed E-state index contributed by atoms with van der Waals surface area (Å²) in [6.07, 6.45) is 0. The Bertz CT molecular complexity index is 704. The highest BCUT2D eigenvalue weighted by Gasteiger charge is 2.12. The smallest absolute Gasteiger partial charge is 0.233 e. The molecule has 2 atom stereocenters. The monoisotopic (exact) mass is 356 g/mol. The first-order valence-electron chi connectivity index (χ1n) is 8.82. The van der Waals surface area contributed by atoms with Crippen molar-refractivity contribution in [3.8, 4) is 11.5 Å². The highest BCUT2D eigenvalue weighted by atomic mass is 16.5. The quantitative estimate of drug-likeness (QED) is 0.724. The van der Waals surface area contributed by atoms with Gasteiger partial charge in [0.15, 0.2) is 11.5 Å². The van der Waals surface area contributed by atoms with Gasteiger partial charge in [0.2, 0.25) is 5.91 Å². The second-order valence-electron chi connectivity index (χ2n) is 6.33. The summed E-state index contributed by atoms with van der Waals surface area (Å²) in [5.41, 5.74) is 2.26. The molecular formula is C21H28N2O3. The number of methoxy groups -OCH3 is 2. The van der Waals surface area contributed by atoms with Crippen LogP contribution in [0.4, 0.5) is 0 Å². The van der Waals surface area contributed by atoms with E-state index in [0.29, 0.717) is 18.0 Å². The zero-order valence-electron chi connectivity index (χ0n) is 15.9. The molecule has 26 heavy (non-hydrogen) atoms. The zero-order valence-corrected chi connectivity index (χ0v) is 15.9. The lowest BCUT2D eigenvalue weighted by Crippen LogP contribution is -2.36. The maximum Gasteiger partial charge on any atom is 0.233 e. The lowest BCUT2D eigenvalue weighted by atomic mass is 10.0. The van der Waals surface area contributed by atoms with E-state index in [2.05, 4.69) is 29.7 Å². The third kappa shape index (κ3) is 5.49. The summed E-state index contributed by atoms with van der Waals surface area (Å²) >= 11 is 0. The van der Waals surface area contributed by atoms with E-state index >= 15 is 0 Å². The third-order valence-electron chi connectivity index (χ3n) is 4.45. The summed E-state index contributed by atoms with van der Waals surface area (Å²) in [5.74, 6) is 1.64. The van der Waals surface area contributed by atoms with E-state index in [1.54, 1.807) is 14.2 Å². The second-order valence-corrected chi connectivity index (χ2v) is 6.33. The van der Waals surface area contributed by atoms with Crippen LogP contribution in [0.25, 0.3) is 0 Å². The van der Waals surface area contributed by atoms with Crippen molar-refractivity contribution in [1.29, 1.82) is 0 Å². The minimum atomic E-state index is -0.0138. The van der Waals surface area contributed by atoms with Gasteiger partial charge >= 0.3 is 0 Å². The van der Waals surface area contributed by atoms with Gasteiger partial charge in [0, 0.05) is 12.6 Å². The van der Waals surface area contributed by atoms with Crippen molar-refractivity contribution in [2.45, 2.75) is 25.8 Å². The van der Waals surface area contributed by atoms with Gasteiger partial charge in [0.25, 0.3) is 0 Å². The van der Waals surface area contributed by atoms with Crippen LogP contribution in [0, 0.1) is 0 Å². The van der Waals surface area contributed by atoms with Crippen molar-refractivity contribution in [3.05, 3.63) is 59.7 Å². The molecule has 0 heterocycles. The Balaban J connectivity index is 1.81. The van der Waals surface area contributed by atoms with Gasteiger partial charge in [-0.05, 0) is 36.1 Å². The van der Waals surface area contributed by atoms with Crippen molar-refractivity contribution >= 4 is 5.91 Å². The van der Waals surface area contributed by atoms with Gasteiger partial charge < -0.3 is 20.1 Å². The summed E-state index contributed by atoms with van der Waals surface area (Å²) in [4.78, 5) is 12.1. The molecule has 2 aromatic rings. The van der Waals surface area contributed by atoms with Crippen LogP contribution >= 0.6 is 0 Å². The lowest BCUT2D eigenvalue weighted by Gasteiger charge is -2.17. The maximum atomic E-state index is 12.1. The summed E-state index contributed by atoms with van der Waals surface area (Å²) in [7, 11) is 3.22. The van der Waals surface area contributed by atoms with Gasteiger partial charge in [0.05, 0.1) is 20.8 Å². The molecule has 0 aliphatic carbocycles. The molecule has 1 amide bonds. The summed E-state index contributed by atoms with van der Waals surface area (Å²) in [6.45, 7) is 5.00. The van der Waals surface area contributed by atoms with Crippen LogP contribution in [0.3, 0.4) is 0 Å². The largest absolute Gasteiger partial charge is 0.493 e. The Morgan fingerprint density at radius 2 is 1.65 bits per heavy atom. The van der Waals surface area contributed by atoms with Gasteiger partial charge in [-0.3, -0.25) is 4.79 Å². The molecule has 0 aliphatic heterocycles. The lowest BCUT2D eigenvalue weighted by molar-refractivity contribution is -0.120. The Hall–Kier alpha value is -2.53. The average molecular weight is 356 g/mol. The van der Waals surface area contributed by atoms with E-state index in [1.807, 2.05) is 43.3 Å². The molecule has 5 nitrogen and oxygen atoms in total. The van der Waals surface area contributed by atoms with E-state index in [0.717, 1.165) is 5.56 Å². The van der Waals surface area contributed by atoms with Gasteiger partial charge in [-0.25, -0.2) is 0 Å². The predicted octanol–water partition coefficient (Wildman–Crippen LogP) is 3.27. The fourth-order valence-electron chi connectivity index (χ4n) is 2.71. The first-order valence-corrected chi connectivity index (χ1v) is 8.82. The molecular weight excluding hydrogens is 328 g/mol. The van der Waals surface area contributed by atoms with Crippen LogP contribution in [0.5, 0.6) is 11.5 Å². The minimum Gasteiger partial charge on any atom is -0.493 e. The van der Waals surface area contributed by atoms with Gasteiger partial charge in [-0.1, -0.05) is 43.3 Å². The predicted molar refractivity (Wildman–Crippen MR) is 104 cm³/mol. The van der Waals surface area contributed by atoms with Crippen LogP contribution in [0.15, 0.2) is 48.5 Å². The molecule has 2 N–H and O–H groups in total. The Labute approximate surface area is 155 Å². The van der Waals surface area contributed by atoms with E-state index in [1.165, 1.54) is 5.56 Å². The number of nitrogens with one attached hydrogen (secondary N) is 2. The summed E-state index contributed by atoms with van der Waals surface area (Å²) in [5, 5.41) is 6.22. The van der Waals surface area contributed by atoms with Crippen molar-refractivity contribution in [2.75, 3.05) is 27.3 Å². The number of carbonyl (C=O) groups is 1. The van der Waals surface area contributed by atoms with Crippen molar-refractivity contribution in [3.63, 3.8) is 0 Å². The van der Waals surface area contributed by atoms with E-state index < -0.39 is 0 Å². The Morgan fingerprint density at radius 1 is 0.962 bits per heavy atom. The van der Waals surface area contributed by atoms with Crippen LogP contribution in [-0.2, 0) is 4.79 Å². The molecule has 2 aromatic carbocycles.